The van der Waals surface area contributed by atoms with Crippen LogP contribution in [-0.2, 0) is 17.6 Å². The minimum atomic E-state index is -0.329. The first-order chi connectivity index (χ1) is 11.0. The second kappa shape index (κ2) is 7.45. The number of Topliss-reactive ketones (excluding diaryl/α,β-unsaturated/α-hetero) is 1. The van der Waals surface area contributed by atoms with Gasteiger partial charge in [0.05, 0.1) is 0 Å². The van der Waals surface area contributed by atoms with Crippen LogP contribution in [0.1, 0.15) is 28.4 Å². The van der Waals surface area contributed by atoms with E-state index in [0.717, 1.165) is 5.56 Å². The topological polar surface area (TPSA) is 86.6 Å². The zero-order valence-corrected chi connectivity index (χ0v) is 12.9. The van der Waals surface area contributed by atoms with Crippen LogP contribution in [0.15, 0.2) is 42.5 Å². The number of benzene rings is 2. The lowest BCUT2D eigenvalue weighted by atomic mass is 9.96. The maximum Gasteiger partial charge on any atom is 0.216 e. The fraction of sp³-hybridized carbons (Fsp3) is 0.222. The van der Waals surface area contributed by atoms with E-state index in [-0.39, 0.29) is 29.6 Å². The minimum absolute atomic E-state index is 0.149. The molecule has 0 heterocycles. The SMILES string of the molecule is CC(=O)NCCc1cc(O)c(O)cc1C(=O)Cc1ccccc1. The first-order valence-electron chi connectivity index (χ1n) is 7.34. The van der Waals surface area contributed by atoms with Crippen LogP contribution >= 0.6 is 0 Å². The van der Waals surface area contributed by atoms with E-state index in [1.54, 1.807) is 0 Å². The van der Waals surface area contributed by atoms with Crippen molar-refractivity contribution in [1.82, 2.24) is 5.32 Å². The van der Waals surface area contributed by atoms with Crippen LogP contribution in [0.2, 0.25) is 0 Å². The predicted octanol–water partition coefficient (Wildman–Crippen LogP) is 2.20. The third-order valence-electron chi connectivity index (χ3n) is 3.48. The van der Waals surface area contributed by atoms with Gasteiger partial charge in [-0.25, -0.2) is 0 Å². The molecule has 3 N–H and O–H groups in total. The van der Waals surface area contributed by atoms with Gasteiger partial charge in [-0.05, 0) is 29.7 Å². The standard InChI is InChI=1S/C18H19NO4/c1-12(20)19-8-7-14-10-17(22)18(23)11-15(14)16(21)9-13-5-3-2-4-6-13/h2-6,10-11,22-23H,7-9H2,1H3,(H,19,20). The molecule has 1 amide bonds. The van der Waals surface area contributed by atoms with E-state index in [0.29, 0.717) is 24.1 Å². The van der Waals surface area contributed by atoms with Crippen LogP contribution in [-0.4, -0.2) is 28.4 Å². The molecule has 0 bridgehead atoms. The number of nitrogens with one attached hydrogen (secondary N) is 1. The highest BCUT2D eigenvalue weighted by Gasteiger charge is 2.15. The largest absolute Gasteiger partial charge is 0.504 e. The average molecular weight is 313 g/mol. The molecule has 0 aromatic heterocycles. The van der Waals surface area contributed by atoms with Crippen molar-refractivity contribution in [2.45, 2.75) is 19.8 Å². The summed E-state index contributed by atoms with van der Waals surface area (Å²) in [7, 11) is 0. The van der Waals surface area contributed by atoms with E-state index in [2.05, 4.69) is 5.32 Å². The lowest BCUT2D eigenvalue weighted by Crippen LogP contribution is -2.23. The molecule has 2 aromatic carbocycles. The van der Waals surface area contributed by atoms with Crippen molar-refractivity contribution < 1.29 is 19.8 Å². The molecule has 0 saturated carbocycles. The molecular weight excluding hydrogens is 294 g/mol. The highest BCUT2D eigenvalue weighted by atomic mass is 16.3. The quantitative estimate of drug-likeness (QED) is 0.563. The number of carbonyl (C=O) groups excluding carboxylic acids is 2. The molecule has 0 aliphatic carbocycles. The second-order valence-corrected chi connectivity index (χ2v) is 5.32. The molecule has 23 heavy (non-hydrogen) atoms. The smallest absolute Gasteiger partial charge is 0.216 e. The van der Waals surface area contributed by atoms with Gasteiger partial charge in [-0.15, -0.1) is 0 Å². The number of ketones is 1. The number of phenols is 2. The summed E-state index contributed by atoms with van der Waals surface area (Å²) in [6.45, 7) is 1.76. The molecule has 0 unspecified atom stereocenters. The molecule has 5 heteroatoms. The van der Waals surface area contributed by atoms with E-state index < -0.39 is 0 Å². The molecule has 0 fully saturated rings. The summed E-state index contributed by atoms with van der Waals surface area (Å²) in [5, 5.41) is 22.0. The summed E-state index contributed by atoms with van der Waals surface area (Å²) in [5.41, 5.74) is 1.82. The van der Waals surface area contributed by atoms with Crippen molar-refractivity contribution in [2.75, 3.05) is 6.54 Å². The molecule has 0 aliphatic heterocycles. The molecule has 2 aromatic rings. The Morgan fingerprint density at radius 3 is 2.35 bits per heavy atom. The van der Waals surface area contributed by atoms with Crippen molar-refractivity contribution in [2.24, 2.45) is 0 Å². The Morgan fingerprint density at radius 2 is 1.70 bits per heavy atom. The lowest BCUT2D eigenvalue weighted by molar-refractivity contribution is -0.118. The van der Waals surface area contributed by atoms with Crippen LogP contribution in [0, 0.1) is 0 Å². The zero-order valence-electron chi connectivity index (χ0n) is 12.9. The number of rotatable bonds is 6. The molecule has 120 valence electrons. The van der Waals surface area contributed by atoms with Crippen molar-refractivity contribution in [3.8, 4) is 11.5 Å². The average Bonchev–Trinajstić information content (AvgIpc) is 2.51. The highest BCUT2D eigenvalue weighted by molar-refractivity contribution is 5.99. The lowest BCUT2D eigenvalue weighted by Gasteiger charge is -2.11. The molecular formula is C18H19NO4. The number of hydrogen-bond acceptors (Lipinski definition) is 4. The molecule has 0 saturated heterocycles. The van der Waals surface area contributed by atoms with Crippen LogP contribution in [0.25, 0.3) is 0 Å². The maximum atomic E-state index is 12.5. The number of amides is 1. The minimum Gasteiger partial charge on any atom is -0.504 e. The van der Waals surface area contributed by atoms with Crippen LogP contribution in [0.4, 0.5) is 0 Å². The molecule has 0 atom stereocenters. The Hall–Kier alpha value is -2.82. The number of carbonyl (C=O) groups is 2. The van der Waals surface area contributed by atoms with Crippen molar-refractivity contribution in [3.63, 3.8) is 0 Å². The summed E-state index contributed by atoms with van der Waals surface area (Å²) in [6, 6.07) is 12.0. The van der Waals surface area contributed by atoms with Gasteiger partial charge in [-0.2, -0.15) is 0 Å². The van der Waals surface area contributed by atoms with Crippen molar-refractivity contribution in [3.05, 3.63) is 59.2 Å². The van der Waals surface area contributed by atoms with Crippen molar-refractivity contribution in [1.29, 1.82) is 0 Å². The third-order valence-corrected chi connectivity index (χ3v) is 3.48. The molecule has 0 aliphatic rings. The van der Waals surface area contributed by atoms with Gasteiger partial charge in [0, 0.05) is 25.5 Å². The number of hydrogen-bond donors (Lipinski definition) is 3. The van der Waals surface area contributed by atoms with Gasteiger partial charge in [0.15, 0.2) is 17.3 Å². The van der Waals surface area contributed by atoms with Gasteiger partial charge in [0.1, 0.15) is 0 Å². The second-order valence-electron chi connectivity index (χ2n) is 5.32. The van der Waals surface area contributed by atoms with Gasteiger partial charge in [-0.1, -0.05) is 30.3 Å². The third kappa shape index (κ3) is 4.57. The van der Waals surface area contributed by atoms with Gasteiger partial charge in [0.25, 0.3) is 0 Å². The summed E-state index contributed by atoms with van der Waals surface area (Å²) >= 11 is 0. The Labute approximate surface area is 134 Å². The molecule has 0 spiro atoms. The Morgan fingerprint density at radius 1 is 1.04 bits per heavy atom. The summed E-state index contributed by atoms with van der Waals surface area (Å²) in [5.74, 6) is -0.918. The van der Waals surface area contributed by atoms with Crippen LogP contribution in [0.3, 0.4) is 0 Å². The fourth-order valence-electron chi connectivity index (χ4n) is 2.34. The maximum absolute atomic E-state index is 12.5. The summed E-state index contributed by atoms with van der Waals surface area (Å²) in [4.78, 5) is 23.5. The molecule has 5 nitrogen and oxygen atoms in total. The van der Waals surface area contributed by atoms with E-state index in [9.17, 15) is 19.8 Å². The van der Waals surface area contributed by atoms with Crippen LogP contribution in [0.5, 0.6) is 11.5 Å². The highest BCUT2D eigenvalue weighted by Crippen LogP contribution is 2.29. The van der Waals surface area contributed by atoms with E-state index in [4.69, 9.17) is 0 Å². The Balaban J connectivity index is 2.22. The van der Waals surface area contributed by atoms with Crippen molar-refractivity contribution >= 4 is 11.7 Å². The van der Waals surface area contributed by atoms with Gasteiger partial charge in [0.2, 0.25) is 5.91 Å². The first kappa shape index (κ1) is 16.5. The normalized spacial score (nSPS) is 10.3. The molecule has 2 rings (SSSR count). The fourth-order valence-corrected chi connectivity index (χ4v) is 2.34. The Kier molecular flexibility index (Phi) is 5.36. The van der Waals surface area contributed by atoms with Gasteiger partial charge >= 0.3 is 0 Å². The predicted molar refractivity (Wildman–Crippen MR) is 86.6 cm³/mol. The van der Waals surface area contributed by atoms with Gasteiger partial charge in [-0.3, -0.25) is 9.59 Å². The molecule has 0 radical (unpaired) electrons. The monoisotopic (exact) mass is 313 g/mol. The first-order valence-corrected chi connectivity index (χ1v) is 7.34. The van der Waals surface area contributed by atoms with Crippen LogP contribution < -0.4 is 5.32 Å². The van der Waals surface area contributed by atoms with E-state index in [1.807, 2.05) is 30.3 Å². The Bertz CT molecular complexity index is 710. The van der Waals surface area contributed by atoms with E-state index >= 15 is 0 Å². The van der Waals surface area contributed by atoms with Gasteiger partial charge < -0.3 is 15.5 Å². The summed E-state index contributed by atoms with van der Waals surface area (Å²) in [6.07, 6.45) is 0.599. The van der Waals surface area contributed by atoms with E-state index in [1.165, 1.54) is 19.1 Å². The number of phenolic OH excluding ortho intramolecular Hbond substituents is 2. The number of aromatic hydroxyl groups is 2. The summed E-state index contributed by atoms with van der Waals surface area (Å²) < 4.78 is 0. The zero-order chi connectivity index (χ0) is 16.8.